The van der Waals surface area contributed by atoms with Crippen LogP contribution in [0.3, 0.4) is 0 Å². The van der Waals surface area contributed by atoms with E-state index in [1.54, 1.807) is 0 Å². The van der Waals surface area contributed by atoms with Crippen LogP contribution in [0.2, 0.25) is 0 Å². The highest BCUT2D eigenvalue weighted by Gasteiger charge is 2.20. The Labute approximate surface area is 109 Å². The van der Waals surface area contributed by atoms with Gasteiger partial charge in [-0.2, -0.15) is 0 Å². The zero-order valence-electron chi connectivity index (χ0n) is 11.2. The molecule has 0 aliphatic carbocycles. The predicted molar refractivity (Wildman–Crippen MR) is 71.4 cm³/mol. The van der Waals surface area contributed by atoms with Crippen LogP contribution in [0.25, 0.3) is 0 Å². The molecule has 1 aromatic rings. The van der Waals surface area contributed by atoms with Crippen molar-refractivity contribution >= 4 is 5.91 Å². The van der Waals surface area contributed by atoms with Crippen molar-refractivity contribution in [1.82, 2.24) is 4.90 Å². The van der Waals surface area contributed by atoms with Gasteiger partial charge in [-0.15, -0.1) is 0 Å². The number of likely N-dealkylation sites (N-methyl/N-ethyl adjacent to an activating group) is 1. The molecular weight excluding hydrogens is 226 g/mol. The van der Waals surface area contributed by atoms with E-state index in [-0.39, 0.29) is 5.91 Å². The Balaban J connectivity index is 1.89. The van der Waals surface area contributed by atoms with Crippen molar-refractivity contribution in [2.75, 3.05) is 26.8 Å². The van der Waals surface area contributed by atoms with E-state index in [1.165, 1.54) is 5.56 Å². The molecule has 1 amide bonds. The van der Waals surface area contributed by atoms with Crippen LogP contribution in [0.5, 0.6) is 0 Å². The SMILES string of the molecule is Cc1ccccc1CC(=O)N(C)CC1CCOC1. The summed E-state index contributed by atoms with van der Waals surface area (Å²) in [6.07, 6.45) is 1.57. The minimum absolute atomic E-state index is 0.191. The lowest BCUT2D eigenvalue weighted by Gasteiger charge is -2.20. The van der Waals surface area contributed by atoms with Gasteiger partial charge in [0, 0.05) is 26.1 Å². The molecule has 1 heterocycles. The second-order valence-corrected chi connectivity index (χ2v) is 5.11. The van der Waals surface area contributed by atoms with Crippen LogP contribution >= 0.6 is 0 Å². The third-order valence-corrected chi connectivity index (χ3v) is 3.58. The van der Waals surface area contributed by atoms with Gasteiger partial charge in [-0.25, -0.2) is 0 Å². The molecule has 0 bridgehead atoms. The number of carbonyl (C=O) groups is 1. The number of carbonyl (C=O) groups excluding carboxylic acids is 1. The standard InChI is InChI=1S/C15H21NO2/c1-12-5-3-4-6-14(12)9-15(17)16(2)10-13-7-8-18-11-13/h3-6,13H,7-11H2,1-2H3. The number of hydrogen-bond donors (Lipinski definition) is 0. The first kappa shape index (κ1) is 13.1. The molecule has 3 heteroatoms. The fourth-order valence-electron chi connectivity index (χ4n) is 2.32. The number of rotatable bonds is 4. The average molecular weight is 247 g/mol. The van der Waals surface area contributed by atoms with Crippen LogP contribution in [0.4, 0.5) is 0 Å². The maximum Gasteiger partial charge on any atom is 0.226 e. The number of amides is 1. The Morgan fingerprint density at radius 3 is 2.89 bits per heavy atom. The fraction of sp³-hybridized carbons (Fsp3) is 0.533. The summed E-state index contributed by atoms with van der Waals surface area (Å²) in [5, 5.41) is 0. The van der Waals surface area contributed by atoms with E-state index in [1.807, 2.05) is 43.1 Å². The van der Waals surface area contributed by atoms with Crippen LogP contribution in [-0.2, 0) is 16.0 Å². The predicted octanol–water partition coefficient (Wildman–Crippen LogP) is 2.03. The lowest BCUT2D eigenvalue weighted by Crippen LogP contribution is -2.33. The van der Waals surface area contributed by atoms with Crippen molar-refractivity contribution in [3.8, 4) is 0 Å². The smallest absolute Gasteiger partial charge is 0.226 e. The first-order valence-corrected chi connectivity index (χ1v) is 6.53. The van der Waals surface area contributed by atoms with Crippen LogP contribution in [0.1, 0.15) is 17.5 Å². The molecule has 1 fully saturated rings. The van der Waals surface area contributed by atoms with Gasteiger partial charge in [0.1, 0.15) is 0 Å². The van der Waals surface area contributed by atoms with E-state index in [2.05, 4.69) is 0 Å². The molecule has 3 nitrogen and oxygen atoms in total. The molecule has 1 unspecified atom stereocenters. The van der Waals surface area contributed by atoms with Crippen LogP contribution in [0, 0.1) is 12.8 Å². The molecule has 98 valence electrons. The summed E-state index contributed by atoms with van der Waals surface area (Å²) in [4.78, 5) is 14.0. The number of benzene rings is 1. The quantitative estimate of drug-likeness (QED) is 0.815. The molecule has 0 N–H and O–H groups in total. The minimum atomic E-state index is 0.191. The zero-order chi connectivity index (χ0) is 13.0. The summed E-state index contributed by atoms with van der Waals surface area (Å²) < 4.78 is 5.34. The molecule has 0 radical (unpaired) electrons. The minimum Gasteiger partial charge on any atom is -0.381 e. The summed E-state index contributed by atoms with van der Waals surface area (Å²) in [5.41, 5.74) is 2.31. The summed E-state index contributed by atoms with van der Waals surface area (Å²) in [6.45, 7) is 4.49. The second-order valence-electron chi connectivity index (χ2n) is 5.11. The molecule has 1 aliphatic heterocycles. The maximum absolute atomic E-state index is 12.1. The van der Waals surface area contributed by atoms with Gasteiger partial charge in [-0.3, -0.25) is 4.79 Å². The topological polar surface area (TPSA) is 29.5 Å². The molecule has 18 heavy (non-hydrogen) atoms. The molecular formula is C15H21NO2. The van der Waals surface area contributed by atoms with Gasteiger partial charge in [0.05, 0.1) is 13.0 Å². The third kappa shape index (κ3) is 3.33. The van der Waals surface area contributed by atoms with Crippen molar-refractivity contribution in [3.05, 3.63) is 35.4 Å². The third-order valence-electron chi connectivity index (χ3n) is 3.58. The van der Waals surface area contributed by atoms with E-state index in [9.17, 15) is 4.79 Å². The number of hydrogen-bond acceptors (Lipinski definition) is 2. The van der Waals surface area contributed by atoms with Gasteiger partial charge in [0.15, 0.2) is 0 Å². The summed E-state index contributed by atoms with van der Waals surface area (Å²) in [6, 6.07) is 8.07. The highest BCUT2D eigenvalue weighted by Crippen LogP contribution is 2.14. The zero-order valence-corrected chi connectivity index (χ0v) is 11.2. The van der Waals surface area contributed by atoms with E-state index >= 15 is 0 Å². The summed E-state index contributed by atoms with van der Waals surface area (Å²) >= 11 is 0. The van der Waals surface area contributed by atoms with Crippen molar-refractivity contribution in [2.45, 2.75) is 19.8 Å². The van der Waals surface area contributed by atoms with Crippen molar-refractivity contribution in [1.29, 1.82) is 0 Å². The lowest BCUT2D eigenvalue weighted by atomic mass is 10.0. The lowest BCUT2D eigenvalue weighted by molar-refractivity contribution is -0.129. The molecule has 1 aliphatic rings. The van der Waals surface area contributed by atoms with Gasteiger partial charge in [0.2, 0.25) is 5.91 Å². The Morgan fingerprint density at radius 2 is 2.22 bits per heavy atom. The Morgan fingerprint density at radius 1 is 1.44 bits per heavy atom. The van der Waals surface area contributed by atoms with Gasteiger partial charge in [0.25, 0.3) is 0 Å². The Kier molecular flexibility index (Phi) is 4.37. The van der Waals surface area contributed by atoms with Gasteiger partial charge < -0.3 is 9.64 Å². The Bertz CT molecular complexity index is 411. The Hall–Kier alpha value is -1.35. The normalized spacial score (nSPS) is 18.9. The number of ether oxygens (including phenoxy) is 1. The first-order valence-electron chi connectivity index (χ1n) is 6.53. The summed E-state index contributed by atoms with van der Waals surface area (Å²) in [7, 11) is 1.89. The highest BCUT2D eigenvalue weighted by atomic mass is 16.5. The number of nitrogens with zero attached hydrogens (tertiary/aromatic N) is 1. The van der Waals surface area contributed by atoms with Crippen molar-refractivity contribution < 1.29 is 9.53 Å². The van der Waals surface area contributed by atoms with Crippen LogP contribution in [-0.4, -0.2) is 37.6 Å². The molecule has 0 aromatic heterocycles. The van der Waals surface area contributed by atoms with Gasteiger partial charge >= 0.3 is 0 Å². The second kappa shape index (κ2) is 6.01. The summed E-state index contributed by atoms with van der Waals surface area (Å²) in [5.74, 6) is 0.701. The van der Waals surface area contributed by atoms with E-state index in [4.69, 9.17) is 4.74 Å². The molecule has 2 rings (SSSR count). The molecule has 0 spiro atoms. The largest absolute Gasteiger partial charge is 0.381 e. The molecule has 1 aromatic carbocycles. The molecule has 1 saturated heterocycles. The molecule has 0 saturated carbocycles. The molecule has 1 atom stereocenters. The van der Waals surface area contributed by atoms with Gasteiger partial charge in [-0.05, 0) is 24.5 Å². The van der Waals surface area contributed by atoms with Crippen molar-refractivity contribution in [2.24, 2.45) is 5.92 Å². The van der Waals surface area contributed by atoms with E-state index in [0.717, 1.165) is 31.7 Å². The fourth-order valence-corrected chi connectivity index (χ4v) is 2.32. The van der Waals surface area contributed by atoms with E-state index in [0.29, 0.717) is 12.3 Å². The van der Waals surface area contributed by atoms with E-state index < -0.39 is 0 Å². The monoisotopic (exact) mass is 247 g/mol. The highest BCUT2D eigenvalue weighted by molar-refractivity contribution is 5.78. The maximum atomic E-state index is 12.1. The van der Waals surface area contributed by atoms with Crippen molar-refractivity contribution in [3.63, 3.8) is 0 Å². The average Bonchev–Trinajstić information content (AvgIpc) is 2.84. The first-order chi connectivity index (χ1) is 8.66. The van der Waals surface area contributed by atoms with Crippen LogP contribution < -0.4 is 0 Å². The van der Waals surface area contributed by atoms with Gasteiger partial charge in [-0.1, -0.05) is 24.3 Å². The van der Waals surface area contributed by atoms with Crippen LogP contribution in [0.15, 0.2) is 24.3 Å². The number of aryl methyl sites for hydroxylation is 1.